The summed E-state index contributed by atoms with van der Waals surface area (Å²) in [6.07, 6.45) is 18.7. The van der Waals surface area contributed by atoms with Crippen molar-refractivity contribution < 1.29 is 128 Å². The van der Waals surface area contributed by atoms with Crippen LogP contribution in [0.1, 0.15) is 267 Å². The first-order valence-corrected chi connectivity index (χ1v) is 49.8. The molecule has 1 aromatic rings. The molecule has 0 unspecified atom stereocenters. The highest BCUT2D eigenvalue weighted by Gasteiger charge is 2.17. The number of rotatable bonds is 81. The number of nitrogens with one attached hydrogen (secondary N) is 4. The van der Waals surface area contributed by atoms with Gasteiger partial charge in [-0.25, -0.2) is 23.2 Å². The average Bonchev–Trinajstić information content (AvgIpc) is 1.26. The second-order valence-corrected chi connectivity index (χ2v) is 27.2. The molecule has 39 nitrogen and oxygen atoms in total. The number of carbonyl (C=O) groups excluding carboxylic acids is 1. The summed E-state index contributed by atoms with van der Waals surface area (Å²) in [5.74, 6) is 14.6. The third-order valence-corrected chi connectivity index (χ3v) is 16.6. The highest BCUT2D eigenvalue weighted by molar-refractivity contribution is 5.75. The zero-order valence-electron chi connectivity index (χ0n) is 88.1. The molecule has 1 saturated heterocycles. The Morgan fingerprint density at radius 1 is 0.331 bits per heavy atom. The van der Waals surface area contributed by atoms with Crippen molar-refractivity contribution in [3.05, 3.63) is 30.3 Å². The Kier molecular flexibility index (Phi) is 150. The van der Waals surface area contributed by atoms with E-state index in [-0.39, 0.29) is 75.1 Å². The van der Waals surface area contributed by atoms with Crippen molar-refractivity contribution in [3.63, 3.8) is 0 Å². The van der Waals surface area contributed by atoms with Gasteiger partial charge in [0.25, 0.3) is 0 Å². The Bertz CT molecular complexity index is 1990. The lowest BCUT2D eigenvalue weighted by Gasteiger charge is -2.17. The number of hydrogen-bond donors (Lipinski definition) is 12. The van der Waals surface area contributed by atoms with Gasteiger partial charge in [0.1, 0.15) is 6.61 Å². The molecule has 0 bridgehead atoms. The summed E-state index contributed by atoms with van der Waals surface area (Å²) >= 11 is 0. The average molecular weight is 1940 g/mol. The Labute approximate surface area is 808 Å². The highest BCUT2D eigenvalue weighted by Crippen LogP contribution is 2.14. The van der Waals surface area contributed by atoms with E-state index in [9.17, 15) is 4.79 Å². The molecular weight excluding hydrogens is 1730 g/mol. The van der Waals surface area contributed by atoms with Crippen LogP contribution >= 0.6 is 0 Å². The maximum Gasteiger partial charge on any atom is 0.221 e. The molecule has 1 heterocycles. The topological polar surface area (TPSA) is 513 Å². The molecule has 39 heteroatoms. The van der Waals surface area contributed by atoms with E-state index in [2.05, 4.69) is 35.9 Å². The molecule has 0 atom stereocenters. The van der Waals surface area contributed by atoms with Gasteiger partial charge < -0.3 is 163 Å². The minimum atomic E-state index is -0.252. The number of amides is 1. The van der Waals surface area contributed by atoms with E-state index in [0.29, 0.717) is 204 Å². The lowest BCUT2D eigenvalue weighted by Crippen LogP contribution is -2.30. The Morgan fingerprint density at radius 2 is 0.647 bits per heavy atom. The van der Waals surface area contributed by atoms with Crippen LogP contribution < -0.4 is 67.8 Å². The highest BCUT2D eigenvalue weighted by atomic mass is 16.7. The Balaban J connectivity index is -0.000000183. The van der Waals surface area contributed by atoms with Crippen molar-refractivity contribution in [3.8, 4) is 0 Å². The maximum absolute atomic E-state index is 11.1. The summed E-state index contributed by atoms with van der Waals surface area (Å²) in [6.45, 7) is 61.2. The summed E-state index contributed by atoms with van der Waals surface area (Å²) in [5.41, 5.74) is 30.3. The zero-order valence-corrected chi connectivity index (χ0v) is 88.1. The first-order valence-electron chi connectivity index (χ1n) is 49.8. The maximum atomic E-state index is 11.1. The quantitative estimate of drug-likeness (QED) is 0.0164. The van der Waals surface area contributed by atoms with Crippen molar-refractivity contribution in [1.82, 2.24) is 16.1 Å². The molecule has 133 heavy (non-hydrogen) atoms. The number of para-hydroxylation sites is 1. The lowest BCUT2D eigenvalue weighted by atomic mass is 10.1. The van der Waals surface area contributed by atoms with Gasteiger partial charge in [0, 0.05) is 203 Å². The van der Waals surface area contributed by atoms with Gasteiger partial charge in [-0.1, -0.05) is 56.7 Å². The van der Waals surface area contributed by atoms with Crippen molar-refractivity contribution >= 4 is 11.6 Å². The van der Waals surface area contributed by atoms with Crippen LogP contribution in [-0.4, -0.2) is 313 Å². The van der Waals surface area contributed by atoms with E-state index in [1.807, 2.05) is 176 Å². The standard InChI is InChI=1S/C12H27NO3.C12H19NO2.C12H27NO2.C10H22N2O3.2C8H19NO2.2C7H17NO3.C7H17NO2.C6H15NO2.C5H11NO3/c1-3-14-12(15-4-2)10-8-6-5-7-9-11-16-13;1-3-14-12(15-4-2)10-13-11-8-6-5-7-9-11;1-3-14-12(15-4-2)10-8-6-5-7-9-11-13;1-3-14-10(15-4-2)6-8-12-9(13)5-7-11;1-4-10-8(11-5-2)6-7-9-3;1-3-10-8(11-4-2)6-5-7-9;1-4-9-7(10-5-2)6-11-8-3;1-3-9-7(10-4-2)5-6-11-8;1-3-9-7(5-6-8)10-4-2;1-3-8-6(5-7)9-4-2;6-9-2-1-5-7-3-4-8-5/h12H,3-11,13H2,1-2H3;5-9,12-13H,3-4,10H2,1-2H3;12H,3-11,13H2,1-2H3;10H,3-8,11H2,1-2H3,(H,12,13);8-9H,4-7H2,1-3H3;8H,3-7,9H2,1-2H3;7-8H,4-6H2,1-3H3;7H,3-6,8H2,1-2H3;7H,3-6,8H2,1-2H3;6H,3-5,7H2,1-2H3;5H,1-4,6H2. The second-order valence-electron chi connectivity index (χ2n) is 27.2. The SMILES string of the molecule is CCOC(CCCCCCCN)OCC.CCOC(CCCCCCCON)OCC.CCOC(CCCN)OCC.CCOC(CCN)OCC.CCOC(CCNC(=O)CCN)OCC.CCOC(CCNC)OCC.CCOC(CCON)OCC.CCOC(CN)OCC.CCOC(CNc1ccccc1)OCC.CCOC(CONC)OCC.NOCCC1OCCO1. The van der Waals surface area contributed by atoms with Gasteiger partial charge in [-0.3, -0.25) is 9.63 Å². The number of hydrogen-bond acceptors (Lipinski definition) is 38. The van der Waals surface area contributed by atoms with Gasteiger partial charge in [0.15, 0.2) is 69.2 Å². The number of unbranched alkanes of at least 4 members (excludes halogenated alkanes) is 8. The zero-order chi connectivity index (χ0) is 101. The molecule has 1 aliphatic heterocycles. The molecule has 2 rings (SSSR count). The van der Waals surface area contributed by atoms with Crippen LogP contribution in [-0.2, 0) is 128 Å². The van der Waals surface area contributed by atoms with Gasteiger partial charge in [-0.05, 0) is 235 Å². The van der Waals surface area contributed by atoms with Gasteiger partial charge in [-0.2, -0.15) is 0 Å². The fourth-order valence-corrected chi connectivity index (χ4v) is 10.8. The lowest BCUT2D eigenvalue weighted by molar-refractivity contribution is -0.177. The monoisotopic (exact) mass is 1940 g/mol. The Hall–Kier alpha value is -2.95. The van der Waals surface area contributed by atoms with E-state index >= 15 is 0 Å². The van der Waals surface area contributed by atoms with Crippen molar-refractivity contribution in [2.45, 2.75) is 336 Å². The minimum Gasteiger partial charge on any atom is -0.380 e. The molecule has 808 valence electrons. The van der Waals surface area contributed by atoms with Crippen LogP contribution in [0.25, 0.3) is 0 Å². The van der Waals surface area contributed by atoms with Crippen LogP contribution in [0.2, 0.25) is 0 Å². The molecule has 1 aliphatic rings. The summed E-state index contributed by atoms with van der Waals surface area (Å²) in [6, 6.07) is 10.0. The molecule has 0 radical (unpaired) electrons. The van der Waals surface area contributed by atoms with Crippen LogP contribution in [0, 0.1) is 0 Å². The number of ether oxygens (including phenoxy) is 22. The first-order chi connectivity index (χ1) is 64.8. The third-order valence-electron chi connectivity index (χ3n) is 16.6. The van der Waals surface area contributed by atoms with Crippen molar-refractivity contribution in [2.75, 3.05) is 244 Å². The second kappa shape index (κ2) is 135. The van der Waals surface area contributed by atoms with E-state index in [1.54, 1.807) is 7.05 Å². The Morgan fingerprint density at radius 3 is 0.985 bits per heavy atom. The van der Waals surface area contributed by atoms with Crippen molar-refractivity contribution in [1.29, 1.82) is 0 Å². The molecule has 1 fully saturated rings. The van der Waals surface area contributed by atoms with Crippen LogP contribution in [0.3, 0.4) is 0 Å². The number of hydroxylamine groups is 1. The predicted molar refractivity (Wildman–Crippen MR) is 531 cm³/mol. The summed E-state index contributed by atoms with van der Waals surface area (Å²) in [5, 5.41) is 9.07. The third kappa shape index (κ3) is 127. The smallest absolute Gasteiger partial charge is 0.221 e. The van der Waals surface area contributed by atoms with Gasteiger partial charge >= 0.3 is 0 Å². The largest absolute Gasteiger partial charge is 0.380 e. The van der Waals surface area contributed by atoms with Crippen LogP contribution in [0.4, 0.5) is 5.69 Å². The normalized spacial score (nSPS) is 11.6. The van der Waals surface area contributed by atoms with E-state index in [1.165, 1.54) is 44.9 Å². The number of carbonyl (C=O) groups is 1. The molecule has 0 saturated carbocycles. The van der Waals surface area contributed by atoms with Gasteiger partial charge in [-0.15, -0.1) is 0 Å². The fraction of sp³-hybridized carbons (Fsp3) is 0.926. The number of anilines is 1. The molecule has 0 spiro atoms. The number of benzene rings is 1. The van der Waals surface area contributed by atoms with E-state index in [4.69, 9.17) is 155 Å². The van der Waals surface area contributed by atoms with E-state index < -0.39 is 0 Å². The van der Waals surface area contributed by atoms with Crippen LogP contribution in [0.15, 0.2) is 30.3 Å². The molecule has 1 amide bonds. The van der Waals surface area contributed by atoms with Crippen LogP contribution in [0.5, 0.6) is 0 Å². The number of nitrogens with two attached hydrogens (primary N) is 8. The predicted octanol–water partition coefficient (Wildman–Crippen LogP) is 12.1. The summed E-state index contributed by atoms with van der Waals surface area (Å²) in [4.78, 5) is 29.2. The van der Waals surface area contributed by atoms with Crippen molar-refractivity contribution in [2.24, 2.45) is 46.4 Å². The van der Waals surface area contributed by atoms with Gasteiger partial charge in [0.2, 0.25) is 5.91 Å². The minimum absolute atomic E-state index is 0.00880. The van der Waals surface area contributed by atoms with Gasteiger partial charge in [0.05, 0.1) is 39.6 Å². The molecule has 0 aliphatic carbocycles. The van der Waals surface area contributed by atoms with E-state index in [0.717, 1.165) is 109 Å². The summed E-state index contributed by atoms with van der Waals surface area (Å²) in [7, 11) is 3.63. The molecule has 20 N–H and O–H groups in total. The molecule has 1 aromatic carbocycles. The molecular formula is C94H210N12O27. The summed E-state index contributed by atoms with van der Waals surface area (Å²) < 4.78 is 116. The fourth-order valence-electron chi connectivity index (χ4n) is 10.8. The first kappa shape index (κ1) is 148. The molecule has 0 aromatic heterocycles.